The van der Waals surface area contributed by atoms with Gasteiger partial charge in [0.05, 0.1) is 40.4 Å². The highest BCUT2D eigenvalue weighted by Crippen LogP contribution is 2.60. The lowest BCUT2D eigenvalue weighted by atomic mass is 9.93. The lowest BCUT2D eigenvalue weighted by molar-refractivity contribution is -0.128. The SMILES string of the molecule is CC(=O)N1CC(c2nnc(-c3cc4c(cc3F)S(=O)(=O)C[C@H](N)C(=O)N4Cc3ccc(Cl)cc3)o2)C2(CC2)C1. The summed E-state index contributed by atoms with van der Waals surface area (Å²) in [6, 6.07) is 7.49. The summed E-state index contributed by atoms with van der Waals surface area (Å²) in [4.78, 5) is 27.9. The topological polar surface area (TPSA) is 140 Å². The van der Waals surface area contributed by atoms with E-state index in [1.807, 2.05) is 0 Å². The van der Waals surface area contributed by atoms with E-state index in [1.54, 1.807) is 29.2 Å². The van der Waals surface area contributed by atoms with Crippen molar-refractivity contribution in [1.29, 1.82) is 0 Å². The van der Waals surface area contributed by atoms with Crippen molar-refractivity contribution >= 4 is 38.9 Å². The van der Waals surface area contributed by atoms with Crippen LogP contribution in [0.5, 0.6) is 0 Å². The number of hydrogen-bond donors (Lipinski definition) is 1. The Morgan fingerprint density at radius 1 is 1.23 bits per heavy atom. The van der Waals surface area contributed by atoms with Crippen molar-refractivity contribution in [1.82, 2.24) is 15.1 Å². The maximum Gasteiger partial charge on any atom is 0.250 e. The number of anilines is 1. The summed E-state index contributed by atoms with van der Waals surface area (Å²) in [5.74, 6) is -2.23. The Bertz CT molecular complexity index is 1610. The minimum Gasteiger partial charge on any atom is -0.420 e. The number of aromatic nitrogens is 2. The van der Waals surface area contributed by atoms with Crippen LogP contribution in [-0.2, 0) is 26.0 Å². The second kappa shape index (κ2) is 9.10. The molecule has 1 aromatic heterocycles. The molecule has 2 aromatic carbocycles. The van der Waals surface area contributed by atoms with E-state index in [-0.39, 0.29) is 45.8 Å². The number of amides is 2. The van der Waals surface area contributed by atoms with Crippen LogP contribution in [0, 0.1) is 11.2 Å². The van der Waals surface area contributed by atoms with Crippen molar-refractivity contribution in [2.75, 3.05) is 23.7 Å². The van der Waals surface area contributed by atoms with Crippen molar-refractivity contribution in [3.05, 3.63) is 58.7 Å². The molecule has 2 fully saturated rings. The normalized spacial score (nSPS) is 23.1. The number of nitrogens with zero attached hydrogens (tertiary/aromatic N) is 4. The fourth-order valence-electron chi connectivity index (χ4n) is 5.52. The van der Waals surface area contributed by atoms with E-state index in [0.717, 1.165) is 18.9 Å². The fraction of sp³-hybridized carbons (Fsp3) is 0.385. The molecule has 204 valence electrons. The molecule has 1 saturated heterocycles. The van der Waals surface area contributed by atoms with Gasteiger partial charge in [-0.15, -0.1) is 10.2 Å². The van der Waals surface area contributed by atoms with Gasteiger partial charge in [-0.25, -0.2) is 12.8 Å². The molecule has 3 aromatic rings. The molecule has 1 aliphatic carbocycles. The first kappa shape index (κ1) is 25.9. The molecule has 3 heterocycles. The number of nitrogens with two attached hydrogens (primary N) is 1. The van der Waals surface area contributed by atoms with Crippen LogP contribution >= 0.6 is 11.6 Å². The van der Waals surface area contributed by atoms with Crippen LogP contribution in [0.1, 0.15) is 37.1 Å². The van der Waals surface area contributed by atoms with Crippen LogP contribution in [0.15, 0.2) is 45.7 Å². The third-order valence-corrected chi connectivity index (χ3v) is 9.91. The van der Waals surface area contributed by atoms with Gasteiger partial charge in [0.1, 0.15) is 5.82 Å². The number of rotatable bonds is 4. The highest BCUT2D eigenvalue weighted by atomic mass is 35.5. The number of likely N-dealkylation sites (tertiary alicyclic amines) is 1. The third-order valence-electron chi connectivity index (χ3n) is 7.87. The first-order valence-corrected chi connectivity index (χ1v) is 14.5. The van der Waals surface area contributed by atoms with E-state index < -0.39 is 33.4 Å². The number of fused-ring (bicyclic) bond motifs is 1. The Kier molecular flexibility index (Phi) is 6.05. The molecule has 2 atom stereocenters. The predicted molar refractivity (Wildman–Crippen MR) is 139 cm³/mol. The standard InChI is InChI=1S/C26H25ClFN5O5S/c1-14(34)32-11-18(26(13-32)6-7-26)24-31-30-23(38-24)17-8-21-22(9-19(17)28)39(36,37)12-20(29)25(35)33(21)10-15-2-4-16(27)5-3-15/h2-5,8-9,18,20H,6-7,10-13,29H2,1H3/t18?,20-/m0/s1. The van der Waals surface area contributed by atoms with E-state index in [9.17, 15) is 18.0 Å². The van der Waals surface area contributed by atoms with Crippen LogP contribution in [0.2, 0.25) is 5.02 Å². The summed E-state index contributed by atoms with van der Waals surface area (Å²) in [5.41, 5.74) is 6.36. The van der Waals surface area contributed by atoms with Crippen LogP contribution < -0.4 is 10.6 Å². The zero-order valence-electron chi connectivity index (χ0n) is 20.9. The quantitative estimate of drug-likeness (QED) is 0.502. The molecule has 3 aliphatic rings. The highest BCUT2D eigenvalue weighted by molar-refractivity contribution is 7.91. The Morgan fingerprint density at radius 3 is 2.62 bits per heavy atom. The van der Waals surface area contributed by atoms with Gasteiger partial charge in [-0.3, -0.25) is 9.59 Å². The Balaban J connectivity index is 1.42. The highest BCUT2D eigenvalue weighted by Gasteiger charge is 2.58. The molecule has 6 rings (SSSR count). The molecule has 0 bridgehead atoms. The molecular weight excluding hydrogens is 549 g/mol. The van der Waals surface area contributed by atoms with E-state index in [4.69, 9.17) is 21.8 Å². The first-order valence-electron chi connectivity index (χ1n) is 12.4. The van der Waals surface area contributed by atoms with E-state index in [0.29, 0.717) is 29.6 Å². The van der Waals surface area contributed by atoms with Gasteiger partial charge in [0, 0.05) is 30.5 Å². The van der Waals surface area contributed by atoms with Crippen molar-refractivity contribution in [2.45, 2.75) is 43.2 Å². The summed E-state index contributed by atoms with van der Waals surface area (Å²) in [6.07, 6.45) is 1.85. The number of carbonyl (C=O) groups excluding carboxylic acids is 2. The smallest absolute Gasteiger partial charge is 0.250 e. The minimum absolute atomic E-state index is 0.0160. The van der Waals surface area contributed by atoms with Crippen LogP contribution in [0.25, 0.3) is 11.5 Å². The molecule has 10 nitrogen and oxygen atoms in total. The maximum absolute atomic E-state index is 15.5. The fourth-order valence-corrected chi connectivity index (χ4v) is 7.21. The number of carbonyl (C=O) groups is 2. The number of hydrogen-bond acceptors (Lipinski definition) is 8. The molecule has 1 unspecified atom stereocenters. The van der Waals surface area contributed by atoms with E-state index >= 15 is 4.39 Å². The predicted octanol–water partition coefficient (Wildman–Crippen LogP) is 2.90. The van der Waals surface area contributed by atoms with Gasteiger partial charge >= 0.3 is 0 Å². The van der Waals surface area contributed by atoms with Crippen molar-refractivity contribution < 1.29 is 26.8 Å². The molecule has 39 heavy (non-hydrogen) atoms. The summed E-state index contributed by atoms with van der Waals surface area (Å²) in [7, 11) is -4.10. The maximum atomic E-state index is 15.5. The zero-order chi connectivity index (χ0) is 27.7. The van der Waals surface area contributed by atoms with Gasteiger partial charge in [0.15, 0.2) is 9.84 Å². The molecule has 0 radical (unpaired) electrons. The Morgan fingerprint density at radius 2 is 1.95 bits per heavy atom. The summed E-state index contributed by atoms with van der Waals surface area (Å²) < 4.78 is 47.6. The van der Waals surface area contributed by atoms with Gasteiger partial charge in [-0.1, -0.05) is 23.7 Å². The van der Waals surface area contributed by atoms with Crippen molar-refractivity contribution in [3.8, 4) is 11.5 Å². The molecular formula is C26H25ClFN5O5S. The molecule has 1 spiro atoms. The van der Waals surface area contributed by atoms with Gasteiger partial charge < -0.3 is 20.0 Å². The average molecular weight is 574 g/mol. The van der Waals surface area contributed by atoms with E-state index in [2.05, 4.69) is 10.2 Å². The monoisotopic (exact) mass is 573 g/mol. The molecule has 13 heteroatoms. The molecule has 1 saturated carbocycles. The summed E-state index contributed by atoms with van der Waals surface area (Å²) >= 11 is 5.99. The third kappa shape index (κ3) is 4.50. The largest absolute Gasteiger partial charge is 0.420 e. The number of halogens is 2. The van der Waals surface area contributed by atoms with E-state index in [1.165, 1.54) is 17.9 Å². The molecule has 2 N–H and O–H groups in total. The second-order valence-corrected chi connectivity index (χ2v) is 12.9. The number of benzene rings is 2. The minimum atomic E-state index is -4.10. The average Bonchev–Trinajstić information content (AvgIpc) is 3.33. The lowest BCUT2D eigenvalue weighted by Crippen LogP contribution is -2.45. The lowest BCUT2D eigenvalue weighted by Gasteiger charge is -2.24. The second-order valence-electron chi connectivity index (χ2n) is 10.5. The first-order chi connectivity index (χ1) is 18.5. The molecule has 2 amide bonds. The van der Waals surface area contributed by atoms with Gasteiger partial charge in [-0.05, 0) is 42.7 Å². The number of sulfone groups is 1. The van der Waals surface area contributed by atoms with Crippen molar-refractivity contribution in [2.24, 2.45) is 11.1 Å². The van der Waals surface area contributed by atoms with Crippen LogP contribution in [0.3, 0.4) is 0 Å². The summed E-state index contributed by atoms with van der Waals surface area (Å²) in [5, 5.41) is 8.74. The summed E-state index contributed by atoms with van der Waals surface area (Å²) in [6.45, 7) is 2.54. The van der Waals surface area contributed by atoms with Crippen LogP contribution in [0.4, 0.5) is 10.1 Å². The van der Waals surface area contributed by atoms with Gasteiger partial charge in [0.25, 0.3) is 5.89 Å². The Hall–Kier alpha value is -3.35. The van der Waals surface area contributed by atoms with Crippen molar-refractivity contribution in [3.63, 3.8) is 0 Å². The Labute approximate surface area is 228 Å². The van der Waals surface area contributed by atoms with Crippen LogP contribution in [-0.4, -0.2) is 60.2 Å². The van der Waals surface area contributed by atoms with Gasteiger partial charge in [0.2, 0.25) is 17.7 Å². The van der Waals surface area contributed by atoms with Gasteiger partial charge in [-0.2, -0.15) is 0 Å². The zero-order valence-corrected chi connectivity index (χ0v) is 22.5. The molecule has 2 aliphatic heterocycles.